The fraction of sp³-hybridized carbons (Fsp3) is 0.381. The third kappa shape index (κ3) is 3.30. The second kappa shape index (κ2) is 6.68. The van der Waals surface area contributed by atoms with Gasteiger partial charge in [0.1, 0.15) is 5.82 Å². The van der Waals surface area contributed by atoms with Gasteiger partial charge < -0.3 is 9.80 Å². The molecule has 0 amide bonds. The molecule has 1 aromatic heterocycles. The maximum atomic E-state index is 4.64. The summed E-state index contributed by atoms with van der Waals surface area (Å²) in [6.07, 6.45) is 1.96. The number of pyridine rings is 1. The Morgan fingerprint density at radius 3 is 2.21 bits per heavy atom. The number of aromatic nitrogens is 1. The number of nitrogens with zero attached hydrogens (tertiary/aromatic N) is 3. The van der Waals surface area contributed by atoms with Crippen molar-refractivity contribution in [2.75, 3.05) is 31.1 Å². The van der Waals surface area contributed by atoms with Gasteiger partial charge in [0.05, 0.1) is 0 Å². The van der Waals surface area contributed by atoms with E-state index in [0.717, 1.165) is 37.7 Å². The molecule has 3 rings (SSSR count). The van der Waals surface area contributed by atoms with Crippen molar-refractivity contribution in [3.05, 3.63) is 64.9 Å². The van der Waals surface area contributed by atoms with Gasteiger partial charge in [-0.25, -0.2) is 4.98 Å². The summed E-state index contributed by atoms with van der Waals surface area (Å²) in [6, 6.07) is 8.81. The van der Waals surface area contributed by atoms with Crippen LogP contribution in [-0.4, -0.2) is 36.1 Å². The summed E-state index contributed by atoms with van der Waals surface area (Å²) >= 11 is 0. The van der Waals surface area contributed by atoms with E-state index in [1.54, 1.807) is 0 Å². The minimum absolute atomic E-state index is 0.987. The van der Waals surface area contributed by atoms with Gasteiger partial charge in [0.2, 0.25) is 0 Å². The second-order valence-corrected chi connectivity index (χ2v) is 6.89. The van der Waals surface area contributed by atoms with Crippen molar-refractivity contribution in [1.29, 1.82) is 0 Å². The fourth-order valence-electron chi connectivity index (χ4n) is 3.54. The van der Waals surface area contributed by atoms with Gasteiger partial charge in [0.25, 0.3) is 0 Å². The largest absolute Gasteiger partial charge is 0.368 e. The molecule has 0 aliphatic carbocycles. The molecule has 1 saturated heterocycles. The van der Waals surface area contributed by atoms with Gasteiger partial charge in [-0.1, -0.05) is 36.4 Å². The number of piperazine rings is 1. The van der Waals surface area contributed by atoms with Crippen molar-refractivity contribution in [2.24, 2.45) is 0 Å². The summed E-state index contributed by atoms with van der Waals surface area (Å²) < 4.78 is 0. The van der Waals surface area contributed by atoms with Crippen molar-refractivity contribution >= 4 is 11.5 Å². The van der Waals surface area contributed by atoms with Crippen LogP contribution in [0.3, 0.4) is 0 Å². The predicted molar refractivity (Wildman–Crippen MR) is 102 cm³/mol. The number of rotatable bonds is 3. The van der Waals surface area contributed by atoms with Crippen molar-refractivity contribution in [2.45, 2.75) is 27.7 Å². The molecule has 2 heterocycles. The normalized spacial score (nSPS) is 14.8. The highest BCUT2D eigenvalue weighted by Crippen LogP contribution is 2.25. The Labute approximate surface area is 145 Å². The summed E-state index contributed by atoms with van der Waals surface area (Å²) in [6.45, 7) is 16.9. The Morgan fingerprint density at radius 2 is 1.58 bits per heavy atom. The molecule has 1 aliphatic rings. The van der Waals surface area contributed by atoms with E-state index >= 15 is 0 Å². The van der Waals surface area contributed by atoms with Crippen LogP contribution in [-0.2, 0) is 0 Å². The highest BCUT2D eigenvalue weighted by molar-refractivity contribution is 5.65. The van der Waals surface area contributed by atoms with Crippen LogP contribution in [0.25, 0.3) is 5.70 Å². The number of anilines is 1. The second-order valence-electron chi connectivity index (χ2n) is 6.89. The van der Waals surface area contributed by atoms with E-state index < -0.39 is 0 Å². The average molecular weight is 321 g/mol. The molecule has 1 aromatic carbocycles. The summed E-state index contributed by atoms with van der Waals surface area (Å²) in [4.78, 5) is 9.43. The summed E-state index contributed by atoms with van der Waals surface area (Å²) in [5.41, 5.74) is 7.49. The summed E-state index contributed by atoms with van der Waals surface area (Å²) in [5, 5.41) is 0. The quantitative estimate of drug-likeness (QED) is 0.848. The van der Waals surface area contributed by atoms with E-state index in [2.05, 4.69) is 73.3 Å². The molecule has 1 fully saturated rings. The van der Waals surface area contributed by atoms with Crippen LogP contribution in [0.2, 0.25) is 0 Å². The maximum absolute atomic E-state index is 4.64. The number of aryl methyl sites for hydroxylation is 4. The monoisotopic (exact) mass is 321 g/mol. The van der Waals surface area contributed by atoms with Crippen LogP contribution >= 0.6 is 0 Å². The van der Waals surface area contributed by atoms with Crippen LogP contribution in [0.5, 0.6) is 0 Å². The Balaban J connectivity index is 1.69. The molecule has 0 unspecified atom stereocenters. The first-order valence-corrected chi connectivity index (χ1v) is 8.65. The van der Waals surface area contributed by atoms with Crippen molar-refractivity contribution in [3.63, 3.8) is 0 Å². The lowest BCUT2D eigenvalue weighted by atomic mass is 10.0. The first kappa shape index (κ1) is 16.6. The third-order valence-electron chi connectivity index (χ3n) is 4.84. The van der Waals surface area contributed by atoms with E-state index in [-0.39, 0.29) is 0 Å². The Morgan fingerprint density at radius 1 is 0.917 bits per heavy atom. The van der Waals surface area contributed by atoms with E-state index in [1.807, 2.05) is 6.20 Å². The number of hydrogen-bond acceptors (Lipinski definition) is 3. The molecule has 0 N–H and O–H groups in total. The average Bonchev–Trinajstić information content (AvgIpc) is 2.54. The topological polar surface area (TPSA) is 19.4 Å². The molecule has 0 radical (unpaired) electrons. The maximum Gasteiger partial charge on any atom is 0.131 e. The molecule has 2 aromatic rings. The molecule has 24 heavy (non-hydrogen) atoms. The van der Waals surface area contributed by atoms with Gasteiger partial charge in [0.15, 0.2) is 0 Å². The molecule has 0 bridgehead atoms. The minimum Gasteiger partial charge on any atom is -0.368 e. The first-order chi connectivity index (χ1) is 11.5. The van der Waals surface area contributed by atoms with Crippen LogP contribution < -0.4 is 4.90 Å². The van der Waals surface area contributed by atoms with E-state index in [0.29, 0.717) is 0 Å². The van der Waals surface area contributed by atoms with Crippen LogP contribution in [0.4, 0.5) is 5.82 Å². The molecule has 1 aliphatic heterocycles. The van der Waals surface area contributed by atoms with Gasteiger partial charge in [-0.2, -0.15) is 0 Å². The van der Waals surface area contributed by atoms with Crippen molar-refractivity contribution in [1.82, 2.24) is 9.88 Å². The fourth-order valence-corrected chi connectivity index (χ4v) is 3.54. The molecule has 3 heteroatoms. The van der Waals surface area contributed by atoms with Gasteiger partial charge in [-0.3, -0.25) is 0 Å². The highest BCUT2D eigenvalue weighted by Gasteiger charge is 2.21. The molecular weight excluding hydrogens is 294 g/mol. The molecule has 0 spiro atoms. The number of benzene rings is 1. The van der Waals surface area contributed by atoms with Gasteiger partial charge in [0, 0.05) is 43.6 Å². The Hall–Kier alpha value is -2.29. The van der Waals surface area contributed by atoms with Crippen LogP contribution in [0.15, 0.2) is 37.0 Å². The zero-order chi connectivity index (χ0) is 17.3. The van der Waals surface area contributed by atoms with Gasteiger partial charge in [-0.05, 0) is 44.4 Å². The summed E-state index contributed by atoms with van der Waals surface area (Å²) in [7, 11) is 0. The van der Waals surface area contributed by atoms with Gasteiger partial charge in [-0.15, -0.1) is 0 Å². The Bertz CT molecular complexity index is 756. The van der Waals surface area contributed by atoms with Gasteiger partial charge >= 0.3 is 0 Å². The standard InChI is InChI=1S/C21H27N3/c1-15-6-7-20(17(3)12-15)19(5)23-8-10-24(11-9-23)21-18(4)13-16(2)14-22-21/h6-7,12-14H,5,8-11H2,1-4H3. The number of hydrogen-bond donors (Lipinski definition) is 0. The van der Waals surface area contributed by atoms with Crippen molar-refractivity contribution in [3.8, 4) is 0 Å². The highest BCUT2D eigenvalue weighted by atomic mass is 15.3. The molecule has 0 saturated carbocycles. The Kier molecular flexibility index (Phi) is 4.61. The lowest BCUT2D eigenvalue weighted by Crippen LogP contribution is -2.46. The first-order valence-electron chi connectivity index (χ1n) is 8.65. The lowest BCUT2D eigenvalue weighted by molar-refractivity contribution is 0.366. The van der Waals surface area contributed by atoms with Crippen molar-refractivity contribution < 1.29 is 0 Å². The zero-order valence-electron chi connectivity index (χ0n) is 15.3. The molecule has 126 valence electrons. The minimum atomic E-state index is 0.987. The third-order valence-corrected chi connectivity index (χ3v) is 4.84. The smallest absolute Gasteiger partial charge is 0.131 e. The van der Waals surface area contributed by atoms with E-state index in [9.17, 15) is 0 Å². The lowest BCUT2D eigenvalue weighted by Gasteiger charge is -2.38. The van der Waals surface area contributed by atoms with E-state index in [4.69, 9.17) is 0 Å². The SMILES string of the molecule is C=C(c1ccc(C)cc1C)N1CCN(c2ncc(C)cc2C)CC1. The molecular formula is C21H27N3. The van der Waals surface area contributed by atoms with Crippen LogP contribution in [0, 0.1) is 27.7 Å². The van der Waals surface area contributed by atoms with Crippen LogP contribution in [0.1, 0.15) is 27.8 Å². The summed E-state index contributed by atoms with van der Waals surface area (Å²) in [5.74, 6) is 1.12. The zero-order valence-corrected chi connectivity index (χ0v) is 15.3. The predicted octanol–water partition coefficient (Wildman–Crippen LogP) is 4.11. The van der Waals surface area contributed by atoms with E-state index in [1.165, 1.54) is 27.8 Å². The molecule has 0 atom stereocenters. The molecule has 3 nitrogen and oxygen atoms in total.